The lowest BCUT2D eigenvalue weighted by Gasteiger charge is -2.26. The van der Waals surface area contributed by atoms with Crippen LogP contribution < -0.4 is 19.1 Å². The van der Waals surface area contributed by atoms with Gasteiger partial charge in [0.05, 0.1) is 31.4 Å². The molecule has 4 rings (SSSR count). The van der Waals surface area contributed by atoms with Crippen molar-refractivity contribution in [1.82, 2.24) is 0 Å². The van der Waals surface area contributed by atoms with Gasteiger partial charge in [-0.3, -0.25) is 19.3 Å². The number of ketones is 1. The second kappa shape index (κ2) is 10.1. The van der Waals surface area contributed by atoms with Crippen LogP contribution >= 0.6 is 11.6 Å². The molecule has 36 heavy (non-hydrogen) atoms. The quantitative estimate of drug-likeness (QED) is 0.166. The minimum absolute atomic E-state index is 0.148. The number of carbonyl (C=O) groups excluding carboxylic acids is 3. The van der Waals surface area contributed by atoms with Crippen LogP contribution in [0.4, 0.5) is 5.69 Å². The highest BCUT2D eigenvalue weighted by Gasteiger charge is 2.47. The lowest BCUT2D eigenvalue weighted by Crippen LogP contribution is -2.29. The van der Waals surface area contributed by atoms with E-state index in [4.69, 9.17) is 25.8 Å². The minimum atomic E-state index is -1.06. The molecule has 184 valence electrons. The second-order valence-electron chi connectivity index (χ2n) is 7.88. The maximum atomic E-state index is 13.4. The number of halogens is 1. The Kier molecular flexibility index (Phi) is 6.98. The van der Waals surface area contributed by atoms with E-state index in [1.54, 1.807) is 54.6 Å². The van der Waals surface area contributed by atoms with E-state index in [9.17, 15) is 19.5 Å². The first-order chi connectivity index (χ1) is 17.2. The molecule has 1 saturated heterocycles. The fourth-order valence-corrected chi connectivity index (χ4v) is 4.27. The van der Waals surface area contributed by atoms with Crippen molar-refractivity contribution in [3.05, 3.63) is 88.5 Å². The number of amides is 1. The maximum Gasteiger partial charge on any atom is 0.308 e. The van der Waals surface area contributed by atoms with E-state index in [2.05, 4.69) is 0 Å². The number of Topliss-reactive ketones (excluding diaryl/α,β-unsaturated/α-hetero) is 1. The van der Waals surface area contributed by atoms with Crippen molar-refractivity contribution in [3.8, 4) is 17.2 Å². The average molecular weight is 508 g/mol. The van der Waals surface area contributed by atoms with Gasteiger partial charge in [0.1, 0.15) is 23.0 Å². The summed E-state index contributed by atoms with van der Waals surface area (Å²) in [7, 11) is 2.90. The third kappa shape index (κ3) is 4.63. The summed E-state index contributed by atoms with van der Waals surface area (Å²) >= 11 is 6.16. The third-order valence-corrected chi connectivity index (χ3v) is 5.86. The molecule has 1 aliphatic rings. The summed E-state index contributed by atoms with van der Waals surface area (Å²) in [5.74, 6) is -1.79. The van der Waals surface area contributed by atoms with Gasteiger partial charge in [-0.2, -0.15) is 0 Å². The summed E-state index contributed by atoms with van der Waals surface area (Å²) in [6.07, 6.45) is 0. The van der Waals surface area contributed by atoms with Gasteiger partial charge in [-0.15, -0.1) is 0 Å². The lowest BCUT2D eigenvalue weighted by atomic mass is 9.94. The zero-order chi connectivity index (χ0) is 26.0. The first-order valence-electron chi connectivity index (χ1n) is 10.8. The Balaban J connectivity index is 1.99. The SMILES string of the molecule is COc1cccc(N2C(=O)C(=O)/C(=C(/O)c3cc(Cl)ccc3OC)C2c2cccc(OC(C)=O)c2)c1. The summed E-state index contributed by atoms with van der Waals surface area (Å²) in [5, 5.41) is 11.7. The number of nitrogens with zero attached hydrogens (tertiary/aromatic N) is 1. The van der Waals surface area contributed by atoms with Gasteiger partial charge in [0.15, 0.2) is 0 Å². The monoisotopic (exact) mass is 507 g/mol. The molecule has 1 amide bonds. The Hall–Kier alpha value is -4.30. The summed E-state index contributed by atoms with van der Waals surface area (Å²) in [6, 6.07) is 16.5. The molecule has 0 bridgehead atoms. The summed E-state index contributed by atoms with van der Waals surface area (Å²) in [4.78, 5) is 39.6. The van der Waals surface area contributed by atoms with Crippen molar-refractivity contribution < 1.29 is 33.7 Å². The van der Waals surface area contributed by atoms with Crippen LogP contribution in [0.25, 0.3) is 5.76 Å². The highest BCUT2D eigenvalue weighted by Crippen LogP contribution is 2.44. The van der Waals surface area contributed by atoms with Crippen molar-refractivity contribution >= 4 is 40.7 Å². The molecule has 1 heterocycles. The fourth-order valence-electron chi connectivity index (χ4n) is 4.10. The molecular formula is C27H22ClNO7. The summed E-state index contributed by atoms with van der Waals surface area (Å²) in [6.45, 7) is 1.26. The number of anilines is 1. The summed E-state index contributed by atoms with van der Waals surface area (Å²) < 4.78 is 15.9. The van der Waals surface area contributed by atoms with E-state index in [-0.39, 0.29) is 22.6 Å². The highest BCUT2D eigenvalue weighted by molar-refractivity contribution is 6.51. The van der Waals surface area contributed by atoms with E-state index < -0.39 is 29.5 Å². The Morgan fingerprint density at radius 2 is 1.67 bits per heavy atom. The maximum absolute atomic E-state index is 13.4. The van der Waals surface area contributed by atoms with Gasteiger partial charge < -0.3 is 19.3 Å². The number of ether oxygens (including phenoxy) is 3. The van der Waals surface area contributed by atoms with E-state index >= 15 is 0 Å². The number of aliphatic hydroxyl groups excluding tert-OH is 1. The van der Waals surface area contributed by atoms with Crippen molar-refractivity contribution in [2.45, 2.75) is 13.0 Å². The molecule has 0 saturated carbocycles. The molecular weight excluding hydrogens is 486 g/mol. The van der Waals surface area contributed by atoms with E-state index in [1.165, 1.54) is 38.2 Å². The highest BCUT2D eigenvalue weighted by atomic mass is 35.5. The van der Waals surface area contributed by atoms with Crippen LogP contribution in [0, 0.1) is 0 Å². The minimum Gasteiger partial charge on any atom is -0.507 e. The largest absolute Gasteiger partial charge is 0.507 e. The first-order valence-corrected chi connectivity index (χ1v) is 11.2. The van der Waals surface area contributed by atoms with E-state index in [1.807, 2.05) is 0 Å². The van der Waals surface area contributed by atoms with Gasteiger partial charge in [-0.1, -0.05) is 29.8 Å². The van der Waals surface area contributed by atoms with Crippen LogP contribution in [0.1, 0.15) is 24.1 Å². The molecule has 1 atom stereocenters. The standard InChI is InChI=1S/C27H22ClNO7/c1-15(30)36-20-9-4-6-16(12-20)24-23(25(31)21-13-17(28)10-11-22(21)35-3)26(32)27(33)29(24)18-7-5-8-19(14-18)34-2/h4-14,24,31H,1-3H3/b25-23+. The van der Waals surface area contributed by atoms with E-state index in [0.717, 1.165) is 0 Å². The molecule has 3 aromatic rings. The predicted molar refractivity (Wildman–Crippen MR) is 134 cm³/mol. The van der Waals surface area contributed by atoms with Gasteiger partial charge in [0, 0.05) is 23.7 Å². The second-order valence-corrected chi connectivity index (χ2v) is 8.32. The van der Waals surface area contributed by atoms with Crippen LogP contribution in [0.3, 0.4) is 0 Å². The third-order valence-electron chi connectivity index (χ3n) is 5.63. The zero-order valence-corrected chi connectivity index (χ0v) is 20.4. The molecule has 0 aromatic heterocycles. The van der Waals surface area contributed by atoms with Gasteiger partial charge >= 0.3 is 5.97 Å². The number of esters is 1. The lowest BCUT2D eigenvalue weighted by molar-refractivity contribution is -0.132. The zero-order valence-electron chi connectivity index (χ0n) is 19.7. The smallest absolute Gasteiger partial charge is 0.308 e. The van der Waals surface area contributed by atoms with Crippen LogP contribution in [0.2, 0.25) is 5.02 Å². The molecule has 0 radical (unpaired) electrons. The Morgan fingerprint density at radius 1 is 0.944 bits per heavy atom. The van der Waals surface area contributed by atoms with Crippen LogP contribution in [0.15, 0.2) is 72.3 Å². The molecule has 0 aliphatic carbocycles. The molecule has 1 fully saturated rings. The molecule has 1 aliphatic heterocycles. The normalized spacial score (nSPS) is 16.7. The number of carbonyl (C=O) groups is 3. The molecule has 3 aromatic carbocycles. The number of hydrogen-bond acceptors (Lipinski definition) is 7. The molecule has 9 heteroatoms. The topological polar surface area (TPSA) is 102 Å². The molecule has 1 N–H and O–H groups in total. The van der Waals surface area contributed by atoms with Crippen LogP contribution in [-0.4, -0.2) is 37.0 Å². The number of methoxy groups -OCH3 is 2. The number of aliphatic hydroxyl groups is 1. The van der Waals surface area contributed by atoms with Crippen molar-refractivity contribution in [2.75, 3.05) is 19.1 Å². The van der Waals surface area contributed by atoms with Crippen LogP contribution in [-0.2, 0) is 14.4 Å². The predicted octanol–water partition coefficient (Wildman–Crippen LogP) is 4.91. The van der Waals surface area contributed by atoms with Crippen LogP contribution in [0.5, 0.6) is 17.2 Å². The number of rotatable bonds is 6. The van der Waals surface area contributed by atoms with Gasteiger partial charge in [0.25, 0.3) is 11.7 Å². The Labute approximate surface area is 212 Å². The fraction of sp³-hybridized carbons (Fsp3) is 0.148. The van der Waals surface area contributed by atoms with E-state index in [0.29, 0.717) is 22.0 Å². The van der Waals surface area contributed by atoms with Crippen molar-refractivity contribution in [2.24, 2.45) is 0 Å². The molecule has 1 unspecified atom stereocenters. The first kappa shape index (κ1) is 24.8. The number of benzene rings is 3. The Morgan fingerprint density at radius 3 is 2.36 bits per heavy atom. The average Bonchev–Trinajstić information content (AvgIpc) is 3.13. The van der Waals surface area contributed by atoms with Gasteiger partial charge in [-0.05, 0) is 48.0 Å². The van der Waals surface area contributed by atoms with Gasteiger partial charge in [0.2, 0.25) is 0 Å². The molecule has 8 nitrogen and oxygen atoms in total. The van der Waals surface area contributed by atoms with Crippen molar-refractivity contribution in [1.29, 1.82) is 0 Å². The van der Waals surface area contributed by atoms with Crippen molar-refractivity contribution in [3.63, 3.8) is 0 Å². The van der Waals surface area contributed by atoms with Gasteiger partial charge in [-0.25, -0.2) is 0 Å². The summed E-state index contributed by atoms with van der Waals surface area (Å²) in [5.41, 5.74) is 0.771. The molecule has 0 spiro atoms. The Bertz CT molecular complexity index is 1400. The number of hydrogen-bond donors (Lipinski definition) is 1.